The Hall–Kier alpha value is -4.10. The summed E-state index contributed by atoms with van der Waals surface area (Å²) < 4.78 is 13.7. The second-order valence-corrected chi connectivity index (χ2v) is 19.5. The summed E-state index contributed by atoms with van der Waals surface area (Å²) in [4.78, 5) is 37.7. The van der Waals surface area contributed by atoms with E-state index in [9.17, 15) is 14.8 Å². The first kappa shape index (κ1) is 55.2. The molecule has 4 aromatic rings. The molecule has 3 aromatic heterocycles. The third kappa shape index (κ3) is 17.2. The molecule has 1 aromatic carbocycles. The van der Waals surface area contributed by atoms with Gasteiger partial charge in [-0.25, -0.2) is 14.9 Å². The molecule has 1 fully saturated rings. The largest absolute Gasteiger partial charge is 0.378 e. The number of likely N-dealkylation sites (N-methyl/N-ethyl adjacent to an activating group) is 1. The number of hydrazine groups is 1. The lowest BCUT2D eigenvalue weighted by atomic mass is 9.84. The van der Waals surface area contributed by atoms with Crippen LogP contribution in [-0.4, -0.2) is 112 Å². The molecular formula is C49H82N8O7S. The fourth-order valence-electron chi connectivity index (χ4n) is 8.05. The summed E-state index contributed by atoms with van der Waals surface area (Å²) in [5, 5.41) is 25.3. The van der Waals surface area contributed by atoms with Crippen LogP contribution in [0.1, 0.15) is 100 Å². The first-order valence-electron chi connectivity index (χ1n) is 22.9. The molecule has 0 spiro atoms. The van der Waals surface area contributed by atoms with Crippen LogP contribution in [0.3, 0.4) is 0 Å². The van der Waals surface area contributed by atoms with Crippen LogP contribution < -0.4 is 11.6 Å². The molecule has 16 heteroatoms. The number of aryl methyl sites for hydroxylation is 2. The number of carbonyl (C=O) groups excluding carboxylic acids is 2. The number of nitrogens with two attached hydrogens (primary N) is 2. The molecule has 6 N–H and O–H groups in total. The number of primary amides is 1. The number of benzene rings is 1. The first-order valence-corrected chi connectivity index (χ1v) is 23.7. The lowest BCUT2D eigenvalue weighted by Crippen LogP contribution is -2.44. The minimum atomic E-state index is -0.583. The highest BCUT2D eigenvalue weighted by atomic mass is 32.1. The molecule has 4 heterocycles. The number of thiazole rings is 1. The summed E-state index contributed by atoms with van der Waals surface area (Å²) in [6, 6.07) is 10.1. The van der Waals surface area contributed by atoms with Crippen molar-refractivity contribution in [2.75, 3.05) is 53.7 Å². The van der Waals surface area contributed by atoms with E-state index in [4.69, 9.17) is 31.2 Å². The van der Waals surface area contributed by atoms with Crippen molar-refractivity contribution in [2.24, 2.45) is 34.7 Å². The van der Waals surface area contributed by atoms with E-state index in [0.29, 0.717) is 38.2 Å². The average Bonchev–Trinajstić information content (AvgIpc) is 3.98. The number of amides is 2. The lowest BCUT2D eigenvalue weighted by Gasteiger charge is -2.24. The minimum Gasteiger partial charge on any atom is -0.378 e. The SMILES string of the molecule is C=CC(=O)N1CC[C@H](C)C1.CC(C)[C@@H](C(N)=O)N(C)O.CCn1c(-c2cccnc2COC)c(CC(C)(C)COO)c2cc(-c3csc(CCCOCN(N)CCCC(C)C)n3)ccc21.[HH].[HH]. The number of nitrogens with zero attached hydrogens (tertiary/aromatic N) is 6. The second kappa shape index (κ2) is 27.5. The van der Waals surface area contributed by atoms with Crippen LogP contribution in [-0.2, 0) is 49.9 Å². The van der Waals surface area contributed by atoms with Crippen molar-refractivity contribution in [1.82, 2.24) is 29.5 Å². The summed E-state index contributed by atoms with van der Waals surface area (Å²) in [5.74, 6) is 7.04. The fourth-order valence-corrected chi connectivity index (χ4v) is 8.90. The highest BCUT2D eigenvalue weighted by molar-refractivity contribution is 7.09. The van der Waals surface area contributed by atoms with Crippen LogP contribution in [0.5, 0.6) is 0 Å². The van der Waals surface area contributed by atoms with Crippen molar-refractivity contribution in [2.45, 2.75) is 113 Å². The summed E-state index contributed by atoms with van der Waals surface area (Å²) in [6.07, 6.45) is 9.07. The second-order valence-electron chi connectivity index (χ2n) is 18.5. The topological polar surface area (TPSA) is 195 Å². The Morgan fingerprint density at radius 2 is 1.92 bits per heavy atom. The van der Waals surface area contributed by atoms with Gasteiger partial charge in [0.2, 0.25) is 11.8 Å². The fraction of sp³-hybridized carbons (Fsp3) is 0.592. The van der Waals surface area contributed by atoms with Gasteiger partial charge >= 0.3 is 0 Å². The van der Waals surface area contributed by atoms with Crippen molar-refractivity contribution in [3.05, 3.63) is 70.8 Å². The third-order valence-corrected chi connectivity index (χ3v) is 12.2. The Bertz CT molecular complexity index is 2070. The van der Waals surface area contributed by atoms with Gasteiger partial charge in [0.1, 0.15) is 12.8 Å². The van der Waals surface area contributed by atoms with Crippen LogP contribution in [0.4, 0.5) is 0 Å². The number of rotatable bonds is 23. The number of likely N-dealkylation sites (tertiary alicyclic amines) is 1. The van der Waals surface area contributed by atoms with Gasteiger partial charge in [-0.15, -0.1) is 11.3 Å². The van der Waals surface area contributed by atoms with Crippen LogP contribution >= 0.6 is 11.3 Å². The van der Waals surface area contributed by atoms with E-state index < -0.39 is 11.9 Å². The van der Waals surface area contributed by atoms with Gasteiger partial charge in [-0.05, 0) is 98.1 Å². The number of carbonyl (C=O) groups is 2. The number of ether oxygens (including phenoxy) is 2. The number of fused-ring (bicyclic) bond motifs is 1. The Kier molecular flexibility index (Phi) is 23.4. The molecule has 15 nitrogen and oxygen atoms in total. The number of aromatic nitrogens is 3. The van der Waals surface area contributed by atoms with Crippen molar-refractivity contribution < 1.29 is 37.3 Å². The molecule has 0 bridgehead atoms. The van der Waals surface area contributed by atoms with E-state index in [1.165, 1.54) is 30.5 Å². The number of pyridine rings is 1. The Morgan fingerprint density at radius 1 is 1.18 bits per heavy atom. The molecule has 1 aliphatic heterocycles. The molecule has 0 saturated carbocycles. The van der Waals surface area contributed by atoms with Crippen molar-refractivity contribution in [3.8, 4) is 22.5 Å². The maximum Gasteiger partial charge on any atom is 0.245 e. The lowest BCUT2D eigenvalue weighted by molar-refractivity contribution is -0.259. The van der Waals surface area contributed by atoms with Gasteiger partial charge in [0.25, 0.3) is 0 Å². The van der Waals surface area contributed by atoms with Gasteiger partial charge in [-0.1, -0.05) is 61.1 Å². The van der Waals surface area contributed by atoms with E-state index in [-0.39, 0.29) is 26.7 Å². The summed E-state index contributed by atoms with van der Waals surface area (Å²) in [7, 11) is 3.11. The van der Waals surface area contributed by atoms with Crippen LogP contribution in [0.15, 0.2) is 54.6 Å². The van der Waals surface area contributed by atoms with Crippen LogP contribution in [0.25, 0.3) is 33.4 Å². The standard InChI is InChI=1S/C35H51N5O4S.C8H13NO.C6H14N2O2.2H2/c1-7-40-32-15-14-26(31-22-45-33(38-31)13-10-18-43-24-39(36)17-9-11-25(2)3)19-28(32)29(20-35(4,5)23-44-41)34(40)27-12-8-16-37-30(27)21-42-6;1-3-8(10)9-5-4-7(2)6-9;1-4(2)5(6(7)9)8(3)10;;/h8,12,14-16,19,22,25,41H,7,9-11,13,17-18,20-21,23-24,36H2,1-6H3;3,7H,1,4-6H2,2H3;4-5,10H,1-3H3,(H2,7,9);2*1H/t;7-;5-;;/m.00../s1. The molecule has 2 amide bonds. The molecule has 0 radical (unpaired) electrons. The molecule has 65 heavy (non-hydrogen) atoms. The smallest absolute Gasteiger partial charge is 0.245 e. The Morgan fingerprint density at radius 3 is 2.49 bits per heavy atom. The van der Waals surface area contributed by atoms with Crippen LogP contribution in [0, 0.1) is 23.2 Å². The van der Waals surface area contributed by atoms with Gasteiger partial charge < -0.3 is 29.9 Å². The molecular weight excluding hydrogens is 845 g/mol. The van der Waals surface area contributed by atoms with Gasteiger partial charge in [0.15, 0.2) is 0 Å². The highest BCUT2D eigenvalue weighted by Gasteiger charge is 2.28. The zero-order valence-corrected chi connectivity index (χ0v) is 41.5. The number of methoxy groups -OCH3 is 1. The van der Waals surface area contributed by atoms with Gasteiger partial charge in [0.05, 0.1) is 35.3 Å². The monoisotopic (exact) mass is 927 g/mol. The zero-order valence-electron chi connectivity index (χ0n) is 40.7. The molecule has 2 atom stereocenters. The number of hydrogen-bond acceptors (Lipinski definition) is 13. The van der Waals surface area contributed by atoms with E-state index in [2.05, 4.69) is 92.2 Å². The molecule has 5 rings (SSSR count). The van der Waals surface area contributed by atoms with Gasteiger partial charge in [-0.3, -0.25) is 25.7 Å². The maximum absolute atomic E-state index is 11.0. The Balaban J connectivity index is 0.000000843. The Labute approximate surface area is 394 Å². The van der Waals surface area contributed by atoms with Crippen molar-refractivity contribution in [1.29, 1.82) is 0 Å². The molecule has 0 unspecified atom stereocenters. The maximum atomic E-state index is 11.0. The van der Waals surface area contributed by atoms with Crippen LogP contribution in [0.2, 0.25) is 0 Å². The van der Waals surface area contributed by atoms with E-state index in [1.807, 2.05) is 31.0 Å². The third-order valence-electron chi connectivity index (χ3n) is 11.3. The normalized spacial score (nSPS) is 14.5. The summed E-state index contributed by atoms with van der Waals surface area (Å²) >= 11 is 1.69. The molecule has 1 aliphatic rings. The molecule has 366 valence electrons. The average molecular weight is 927 g/mol. The predicted molar refractivity (Wildman–Crippen MR) is 265 cm³/mol. The van der Waals surface area contributed by atoms with Crippen molar-refractivity contribution >= 4 is 34.1 Å². The first-order chi connectivity index (χ1) is 30.9. The van der Waals surface area contributed by atoms with E-state index in [0.717, 1.165) is 95.7 Å². The highest BCUT2D eigenvalue weighted by Crippen LogP contribution is 2.40. The zero-order chi connectivity index (χ0) is 48.3. The minimum absolute atomic E-state index is 0. The van der Waals surface area contributed by atoms with Gasteiger partial charge in [0, 0.05) is 89.8 Å². The van der Waals surface area contributed by atoms with Crippen molar-refractivity contribution in [3.63, 3.8) is 0 Å². The van der Waals surface area contributed by atoms with E-state index in [1.54, 1.807) is 23.5 Å². The van der Waals surface area contributed by atoms with Gasteiger partial charge in [-0.2, -0.15) is 5.06 Å². The molecule has 0 aliphatic carbocycles. The summed E-state index contributed by atoms with van der Waals surface area (Å²) in [6.45, 7) is 25.3. The molecule has 1 saturated heterocycles. The predicted octanol–water partition coefficient (Wildman–Crippen LogP) is 8.92. The number of hydroxylamine groups is 2. The van der Waals surface area contributed by atoms with E-state index >= 15 is 0 Å². The summed E-state index contributed by atoms with van der Waals surface area (Å²) in [5.41, 5.74) is 12.2. The number of hydrogen-bond donors (Lipinski definition) is 4. The quantitative estimate of drug-likeness (QED) is 0.0138.